The van der Waals surface area contributed by atoms with Gasteiger partial charge in [-0.2, -0.15) is 0 Å². The molecule has 0 atom stereocenters. The molecule has 19 heavy (non-hydrogen) atoms. The fraction of sp³-hybridized carbons (Fsp3) is 0.400. The maximum absolute atomic E-state index is 5.61. The van der Waals surface area contributed by atoms with Gasteiger partial charge in [-0.25, -0.2) is 4.98 Å². The van der Waals surface area contributed by atoms with Crippen LogP contribution in [0.2, 0.25) is 0 Å². The first-order chi connectivity index (χ1) is 9.38. The number of ether oxygens (including phenoxy) is 1. The lowest BCUT2D eigenvalue weighted by molar-refractivity contribution is 0.317. The van der Waals surface area contributed by atoms with Crippen molar-refractivity contribution in [3.05, 3.63) is 42.1 Å². The van der Waals surface area contributed by atoms with Gasteiger partial charge in [0, 0.05) is 6.54 Å². The van der Waals surface area contributed by atoms with Crippen LogP contribution in [0.5, 0.6) is 5.06 Å². The Kier molecular flexibility index (Phi) is 5.69. The molecular formula is C15H20N2OS. The lowest BCUT2D eigenvalue weighted by atomic mass is 10.2. The highest BCUT2D eigenvalue weighted by Crippen LogP contribution is 2.25. The van der Waals surface area contributed by atoms with Crippen molar-refractivity contribution >= 4 is 16.5 Å². The first-order valence-corrected chi connectivity index (χ1v) is 7.56. The molecule has 1 aromatic carbocycles. The zero-order valence-corrected chi connectivity index (χ0v) is 12.1. The molecule has 0 radical (unpaired) electrons. The summed E-state index contributed by atoms with van der Waals surface area (Å²) >= 11 is 1.57. The molecule has 0 aliphatic carbocycles. The summed E-state index contributed by atoms with van der Waals surface area (Å²) in [7, 11) is 0. The monoisotopic (exact) mass is 276 g/mol. The molecule has 1 heterocycles. The first-order valence-electron chi connectivity index (χ1n) is 6.75. The fourth-order valence-corrected chi connectivity index (χ4v) is 2.40. The SMILES string of the molecule is CCCCOc1cnc(NCCc2ccccc2)s1. The van der Waals surface area contributed by atoms with Crippen LogP contribution >= 0.6 is 11.3 Å². The maximum Gasteiger partial charge on any atom is 0.195 e. The van der Waals surface area contributed by atoms with Crippen LogP contribution in [0.1, 0.15) is 25.3 Å². The lowest BCUT2D eigenvalue weighted by Crippen LogP contribution is -2.04. The molecule has 1 aromatic heterocycles. The van der Waals surface area contributed by atoms with E-state index in [1.165, 1.54) is 5.56 Å². The largest absolute Gasteiger partial charge is 0.483 e. The molecule has 4 heteroatoms. The maximum atomic E-state index is 5.61. The summed E-state index contributed by atoms with van der Waals surface area (Å²) in [5.41, 5.74) is 1.34. The molecule has 3 nitrogen and oxygen atoms in total. The van der Waals surface area contributed by atoms with E-state index in [2.05, 4.69) is 41.5 Å². The van der Waals surface area contributed by atoms with E-state index in [0.717, 1.165) is 42.6 Å². The number of anilines is 1. The highest BCUT2D eigenvalue weighted by Gasteiger charge is 2.02. The van der Waals surface area contributed by atoms with Gasteiger partial charge in [0.25, 0.3) is 0 Å². The van der Waals surface area contributed by atoms with Crippen LogP contribution < -0.4 is 10.1 Å². The van der Waals surface area contributed by atoms with Crippen LogP contribution in [0.4, 0.5) is 5.13 Å². The van der Waals surface area contributed by atoms with Crippen LogP contribution in [-0.4, -0.2) is 18.1 Å². The van der Waals surface area contributed by atoms with Crippen molar-refractivity contribution in [3.8, 4) is 5.06 Å². The minimum atomic E-state index is 0.780. The number of aromatic nitrogens is 1. The van der Waals surface area contributed by atoms with Crippen LogP contribution in [0.3, 0.4) is 0 Å². The molecular weight excluding hydrogens is 256 g/mol. The number of benzene rings is 1. The Morgan fingerprint density at radius 2 is 2.11 bits per heavy atom. The van der Waals surface area contributed by atoms with E-state index in [1.807, 2.05) is 6.07 Å². The number of thiazole rings is 1. The average molecular weight is 276 g/mol. The minimum absolute atomic E-state index is 0.780. The van der Waals surface area contributed by atoms with E-state index in [-0.39, 0.29) is 0 Å². The van der Waals surface area contributed by atoms with E-state index in [4.69, 9.17) is 4.74 Å². The second-order valence-electron chi connectivity index (χ2n) is 4.35. The van der Waals surface area contributed by atoms with Crippen molar-refractivity contribution in [2.45, 2.75) is 26.2 Å². The molecule has 0 unspecified atom stereocenters. The summed E-state index contributed by atoms with van der Waals surface area (Å²) in [4.78, 5) is 4.31. The van der Waals surface area contributed by atoms with Gasteiger partial charge in [-0.3, -0.25) is 0 Å². The molecule has 2 rings (SSSR count). The van der Waals surface area contributed by atoms with Crippen molar-refractivity contribution in [2.75, 3.05) is 18.5 Å². The van der Waals surface area contributed by atoms with Gasteiger partial charge >= 0.3 is 0 Å². The fourth-order valence-electron chi connectivity index (χ4n) is 1.68. The molecule has 0 saturated carbocycles. The van der Waals surface area contributed by atoms with E-state index in [1.54, 1.807) is 17.5 Å². The standard InChI is InChI=1S/C15H20N2OS/c1-2-3-11-18-14-12-17-15(19-14)16-10-9-13-7-5-4-6-8-13/h4-8,12H,2-3,9-11H2,1H3,(H,16,17). The Morgan fingerprint density at radius 1 is 1.26 bits per heavy atom. The predicted molar refractivity (Wildman–Crippen MR) is 81.2 cm³/mol. The van der Waals surface area contributed by atoms with Gasteiger partial charge in [-0.15, -0.1) is 0 Å². The van der Waals surface area contributed by atoms with Crippen LogP contribution in [0.25, 0.3) is 0 Å². The molecule has 102 valence electrons. The Balaban J connectivity index is 1.71. The third-order valence-electron chi connectivity index (χ3n) is 2.76. The summed E-state index contributed by atoms with van der Waals surface area (Å²) in [5.74, 6) is 0. The molecule has 0 saturated heterocycles. The second kappa shape index (κ2) is 7.79. The van der Waals surface area contributed by atoms with Gasteiger partial charge < -0.3 is 10.1 Å². The third-order valence-corrected chi connectivity index (χ3v) is 3.63. The summed E-state index contributed by atoms with van der Waals surface area (Å²) in [6.07, 6.45) is 5.05. The first kappa shape index (κ1) is 13.9. The molecule has 0 aliphatic rings. The molecule has 0 aliphatic heterocycles. The van der Waals surface area contributed by atoms with Gasteiger partial charge in [-0.05, 0) is 18.4 Å². The van der Waals surface area contributed by atoms with Crippen molar-refractivity contribution in [1.29, 1.82) is 0 Å². The normalized spacial score (nSPS) is 10.4. The van der Waals surface area contributed by atoms with Crippen molar-refractivity contribution in [2.24, 2.45) is 0 Å². The van der Waals surface area contributed by atoms with Crippen LogP contribution in [0.15, 0.2) is 36.5 Å². The highest BCUT2D eigenvalue weighted by molar-refractivity contribution is 7.17. The van der Waals surface area contributed by atoms with Crippen LogP contribution in [0, 0.1) is 0 Å². The molecule has 2 aromatic rings. The Labute approximate surface area is 118 Å². The van der Waals surface area contributed by atoms with Gasteiger partial charge in [0.05, 0.1) is 12.8 Å². The lowest BCUT2D eigenvalue weighted by Gasteiger charge is -2.02. The van der Waals surface area contributed by atoms with Gasteiger partial charge in [-0.1, -0.05) is 55.0 Å². The topological polar surface area (TPSA) is 34.1 Å². The molecule has 0 amide bonds. The van der Waals surface area contributed by atoms with Crippen molar-refractivity contribution in [1.82, 2.24) is 4.98 Å². The van der Waals surface area contributed by atoms with E-state index >= 15 is 0 Å². The minimum Gasteiger partial charge on any atom is -0.483 e. The van der Waals surface area contributed by atoms with E-state index in [9.17, 15) is 0 Å². The number of unbranched alkanes of at least 4 members (excludes halogenated alkanes) is 1. The number of nitrogens with one attached hydrogen (secondary N) is 1. The molecule has 0 fully saturated rings. The van der Waals surface area contributed by atoms with Crippen LogP contribution in [-0.2, 0) is 6.42 Å². The second-order valence-corrected chi connectivity index (χ2v) is 5.34. The summed E-state index contributed by atoms with van der Waals surface area (Å²) in [6.45, 7) is 3.83. The number of nitrogens with zero attached hydrogens (tertiary/aromatic N) is 1. The third kappa shape index (κ3) is 4.91. The molecule has 1 N–H and O–H groups in total. The van der Waals surface area contributed by atoms with Gasteiger partial charge in [0.2, 0.25) is 0 Å². The van der Waals surface area contributed by atoms with Crippen molar-refractivity contribution in [3.63, 3.8) is 0 Å². The quantitative estimate of drug-likeness (QED) is 0.741. The van der Waals surface area contributed by atoms with E-state index in [0.29, 0.717) is 0 Å². The predicted octanol–water partition coefficient (Wildman–Crippen LogP) is 3.98. The number of hydrogen-bond acceptors (Lipinski definition) is 4. The Morgan fingerprint density at radius 3 is 2.89 bits per heavy atom. The smallest absolute Gasteiger partial charge is 0.195 e. The Bertz CT molecular complexity index is 470. The summed E-state index contributed by atoms with van der Waals surface area (Å²) in [6, 6.07) is 10.5. The highest BCUT2D eigenvalue weighted by atomic mass is 32.1. The molecule has 0 bridgehead atoms. The van der Waals surface area contributed by atoms with Crippen molar-refractivity contribution < 1.29 is 4.74 Å². The van der Waals surface area contributed by atoms with E-state index < -0.39 is 0 Å². The summed E-state index contributed by atoms with van der Waals surface area (Å²) < 4.78 is 5.61. The Hall–Kier alpha value is -1.55. The zero-order chi connectivity index (χ0) is 13.3. The number of hydrogen-bond donors (Lipinski definition) is 1. The average Bonchev–Trinajstić information content (AvgIpc) is 2.88. The van der Waals surface area contributed by atoms with Gasteiger partial charge in [0.15, 0.2) is 10.2 Å². The summed E-state index contributed by atoms with van der Waals surface area (Å²) in [5, 5.41) is 5.16. The number of rotatable bonds is 8. The zero-order valence-electron chi connectivity index (χ0n) is 11.3. The van der Waals surface area contributed by atoms with Gasteiger partial charge in [0.1, 0.15) is 0 Å². The molecule has 0 spiro atoms.